The second-order valence-corrected chi connectivity index (χ2v) is 5.71. The lowest BCUT2D eigenvalue weighted by atomic mass is 9.85. The molecule has 0 radical (unpaired) electrons. The second kappa shape index (κ2) is 6.10. The second-order valence-electron chi connectivity index (χ2n) is 4.74. The van der Waals surface area contributed by atoms with Gasteiger partial charge in [-0.3, -0.25) is 0 Å². The van der Waals surface area contributed by atoms with Crippen molar-refractivity contribution in [3.05, 3.63) is 28.8 Å². The average molecular weight is 317 g/mol. The molecule has 1 aliphatic carbocycles. The van der Waals surface area contributed by atoms with Crippen LogP contribution >= 0.6 is 27.5 Å². The maximum atomic E-state index is 6.26. The molecule has 0 unspecified atom stereocenters. The summed E-state index contributed by atoms with van der Waals surface area (Å²) in [5.41, 5.74) is 2.42. The van der Waals surface area contributed by atoms with E-state index in [0.29, 0.717) is 0 Å². The van der Waals surface area contributed by atoms with E-state index in [-0.39, 0.29) is 0 Å². The van der Waals surface area contributed by atoms with Crippen molar-refractivity contribution in [1.29, 1.82) is 0 Å². The molecular formula is C14H19BrClN. The molecule has 0 N–H and O–H groups in total. The lowest BCUT2D eigenvalue weighted by molar-refractivity contribution is 0.318. The summed E-state index contributed by atoms with van der Waals surface area (Å²) < 4.78 is 0. The molecule has 0 amide bonds. The molecule has 1 aromatic rings. The first-order valence-corrected chi connectivity index (χ1v) is 7.84. The summed E-state index contributed by atoms with van der Waals surface area (Å²) in [4.78, 5) is 2.44. The lowest BCUT2D eigenvalue weighted by Crippen LogP contribution is -2.32. The molecule has 0 aromatic heterocycles. The molecule has 17 heavy (non-hydrogen) atoms. The maximum Gasteiger partial charge on any atom is 0.0467 e. The summed E-state index contributed by atoms with van der Waals surface area (Å²) >= 11 is 9.71. The van der Waals surface area contributed by atoms with Gasteiger partial charge in [0.15, 0.2) is 0 Å². The van der Waals surface area contributed by atoms with E-state index in [1.54, 1.807) is 0 Å². The Balaban J connectivity index is 2.09. The van der Waals surface area contributed by atoms with Crippen LogP contribution in [0.2, 0.25) is 5.02 Å². The van der Waals surface area contributed by atoms with Crippen LogP contribution in [0.15, 0.2) is 18.2 Å². The zero-order valence-corrected chi connectivity index (χ0v) is 12.6. The van der Waals surface area contributed by atoms with E-state index in [0.717, 1.165) is 28.4 Å². The Bertz CT molecular complexity index is 376. The number of hydrogen-bond acceptors (Lipinski definition) is 1. The van der Waals surface area contributed by atoms with Crippen LogP contribution < -0.4 is 4.90 Å². The highest BCUT2D eigenvalue weighted by atomic mass is 79.9. The highest BCUT2D eigenvalue weighted by molar-refractivity contribution is 9.08. The van der Waals surface area contributed by atoms with Crippen molar-refractivity contribution < 1.29 is 0 Å². The van der Waals surface area contributed by atoms with Crippen molar-refractivity contribution in [2.45, 2.75) is 31.5 Å². The number of halogens is 2. The number of rotatable bonds is 5. The first kappa shape index (κ1) is 13.2. The molecule has 0 saturated heterocycles. The Labute approximate surface area is 117 Å². The molecule has 0 aliphatic heterocycles. The fourth-order valence-corrected chi connectivity index (χ4v) is 3.14. The van der Waals surface area contributed by atoms with Crippen LogP contribution in [0.5, 0.6) is 0 Å². The van der Waals surface area contributed by atoms with Gasteiger partial charge in [-0.1, -0.05) is 40.0 Å². The van der Waals surface area contributed by atoms with Gasteiger partial charge in [-0.15, -0.1) is 0 Å². The normalized spacial score (nSPS) is 15.7. The van der Waals surface area contributed by atoms with E-state index in [4.69, 9.17) is 11.6 Å². The predicted molar refractivity (Wildman–Crippen MR) is 79.3 cm³/mol. The van der Waals surface area contributed by atoms with Gasteiger partial charge in [-0.05, 0) is 43.4 Å². The summed E-state index contributed by atoms with van der Waals surface area (Å²) in [6.07, 6.45) is 4.19. The van der Waals surface area contributed by atoms with Gasteiger partial charge in [0.05, 0.1) is 0 Å². The minimum Gasteiger partial charge on any atom is -0.371 e. The van der Waals surface area contributed by atoms with Crippen molar-refractivity contribution in [3.63, 3.8) is 0 Å². The molecule has 2 rings (SSSR count). The Kier molecular flexibility index (Phi) is 4.75. The minimum absolute atomic E-state index is 0.820. The van der Waals surface area contributed by atoms with Crippen LogP contribution in [0.3, 0.4) is 0 Å². The smallest absolute Gasteiger partial charge is 0.0467 e. The number of nitrogens with zero attached hydrogens (tertiary/aromatic N) is 1. The molecule has 1 saturated carbocycles. The molecule has 0 atom stereocenters. The number of anilines is 1. The Morgan fingerprint density at radius 2 is 2.18 bits per heavy atom. The van der Waals surface area contributed by atoms with Crippen molar-refractivity contribution in [2.75, 3.05) is 18.0 Å². The molecule has 0 spiro atoms. The maximum absolute atomic E-state index is 6.26. The van der Waals surface area contributed by atoms with E-state index in [1.165, 1.54) is 31.5 Å². The largest absolute Gasteiger partial charge is 0.371 e. The Morgan fingerprint density at radius 1 is 1.41 bits per heavy atom. The van der Waals surface area contributed by atoms with Gasteiger partial charge >= 0.3 is 0 Å². The highest BCUT2D eigenvalue weighted by Crippen LogP contribution is 2.30. The Hall–Kier alpha value is -0.210. The zero-order valence-electron chi connectivity index (χ0n) is 10.3. The van der Waals surface area contributed by atoms with Crippen molar-refractivity contribution in [3.8, 4) is 0 Å². The molecule has 1 fully saturated rings. The van der Waals surface area contributed by atoms with Gasteiger partial charge in [-0.2, -0.15) is 0 Å². The fraction of sp³-hybridized carbons (Fsp3) is 0.571. The van der Waals surface area contributed by atoms with Gasteiger partial charge in [0, 0.05) is 29.1 Å². The third-order valence-electron chi connectivity index (χ3n) is 3.63. The summed E-state index contributed by atoms with van der Waals surface area (Å²) in [6.45, 7) is 4.45. The molecule has 94 valence electrons. The van der Waals surface area contributed by atoms with E-state index < -0.39 is 0 Å². The summed E-state index contributed by atoms with van der Waals surface area (Å²) in [5.74, 6) is 0.893. The lowest BCUT2D eigenvalue weighted by Gasteiger charge is -2.33. The van der Waals surface area contributed by atoms with Crippen LogP contribution in [-0.4, -0.2) is 13.1 Å². The topological polar surface area (TPSA) is 3.24 Å². The number of benzene rings is 1. The van der Waals surface area contributed by atoms with Gasteiger partial charge in [0.25, 0.3) is 0 Å². The molecule has 1 nitrogen and oxygen atoms in total. The van der Waals surface area contributed by atoms with Gasteiger partial charge in [0.2, 0.25) is 0 Å². The number of alkyl halides is 1. The van der Waals surface area contributed by atoms with Crippen molar-refractivity contribution in [1.82, 2.24) is 0 Å². The van der Waals surface area contributed by atoms with Crippen LogP contribution in [0, 0.1) is 5.92 Å². The predicted octanol–water partition coefficient (Wildman–Crippen LogP) is 4.86. The molecule has 1 aromatic carbocycles. The van der Waals surface area contributed by atoms with Gasteiger partial charge in [0.1, 0.15) is 0 Å². The van der Waals surface area contributed by atoms with Crippen LogP contribution in [-0.2, 0) is 5.33 Å². The number of hydrogen-bond donors (Lipinski definition) is 0. The third-order valence-corrected chi connectivity index (χ3v) is 4.59. The average Bonchev–Trinajstić information content (AvgIpc) is 2.28. The summed E-state index contributed by atoms with van der Waals surface area (Å²) in [5, 5.41) is 1.69. The molecule has 1 aliphatic rings. The van der Waals surface area contributed by atoms with Crippen molar-refractivity contribution >= 4 is 33.2 Å². The summed E-state index contributed by atoms with van der Waals surface area (Å²) in [6, 6.07) is 6.40. The first-order valence-electron chi connectivity index (χ1n) is 6.34. The van der Waals surface area contributed by atoms with Crippen LogP contribution in [0.4, 0.5) is 5.69 Å². The Morgan fingerprint density at radius 3 is 2.65 bits per heavy atom. The first-order chi connectivity index (χ1) is 8.24. The monoisotopic (exact) mass is 315 g/mol. The van der Waals surface area contributed by atoms with Crippen molar-refractivity contribution in [2.24, 2.45) is 5.92 Å². The minimum atomic E-state index is 0.820. The standard InChI is InChI=1S/C14H19BrClN/c1-2-17(10-11-4-3-5-11)13-7-6-12(9-15)14(16)8-13/h6-8,11H,2-5,9-10H2,1H3. The molecule has 3 heteroatoms. The molecular weight excluding hydrogens is 298 g/mol. The SMILES string of the molecule is CCN(CC1CCC1)c1ccc(CBr)c(Cl)c1. The quantitative estimate of drug-likeness (QED) is 0.701. The van der Waals surface area contributed by atoms with E-state index >= 15 is 0 Å². The molecule has 0 heterocycles. The zero-order chi connectivity index (χ0) is 12.3. The van der Waals surface area contributed by atoms with Gasteiger partial charge in [-0.25, -0.2) is 0 Å². The van der Waals surface area contributed by atoms with Crippen LogP contribution in [0.1, 0.15) is 31.7 Å². The summed E-state index contributed by atoms with van der Waals surface area (Å²) in [7, 11) is 0. The molecule has 0 bridgehead atoms. The van der Waals surface area contributed by atoms with E-state index in [9.17, 15) is 0 Å². The van der Waals surface area contributed by atoms with E-state index in [1.807, 2.05) is 0 Å². The fourth-order valence-electron chi connectivity index (χ4n) is 2.25. The van der Waals surface area contributed by atoms with E-state index in [2.05, 4.69) is 46.0 Å². The van der Waals surface area contributed by atoms with Gasteiger partial charge < -0.3 is 4.90 Å². The highest BCUT2D eigenvalue weighted by Gasteiger charge is 2.20. The third kappa shape index (κ3) is 3.17. The van der Waals surface area contributed by atoms with Crippen LogP contribution in [0.25, 0.3) is 0 Å².